The van der Waals surface area contributed by atoms with Gasteiger partial charge < -0.3 is 15.2 Å². The van der Waals surface area contributed by atoms with E-state index in [1.807, 2.05) is 0 Å². The van der Waals surface area contributed by atoms with Gasteiger partial charge in [0.15, 0.2) is 10.9 Å². The number of rotatable bonds is 8. The van der Waals surface area contributed by atoms with Crippen LogP contribution >= 0.6 is 34.4 Å². The van der Waals surface area contributed by atoms with Crippen LogP contribution in [0, 0.1) is 16.8 Å². The maximum atomic E-state index is 13.9. The first kappa shape index (κ1) is 22.3. The molecular weight excluding hydrogens is 485 g/mol. The summed E-state index contributed by atoms with van der Waals surface area (Å²) in [6.45, 7) is 0. The van der Waals surface area contributed by atoms with E-state index in [-0.39, 0.29) is 16.1 Å². The number of fused-ring (bicyclic) bond motifs is 1. The van der Waals surface area contributed by atoms with Crippen molar-refractivity contribution in [1.82, 2.24) is 15.5 Å². The number of aromatic nitrogens is 2. The van der Waals surface area contributed by atoms with Crippen molar-refractivity contribution in [3.8, 4) is 0 Å². The third-order valence-corrected chi connectivity index (χ3v) is 7.19. The monoisotopic (exact) mass is 498 g/mol. The van der Waals surface area contributed by atoms with Crippen molar-refractivity contribution in [3.05, 3.63) is 63.4 Å². The van der Waals surface area contributed by atoms with Crippen LogP contribution in [0.5, 0.6) is 0 Å². The van der Waals surface area contributed by atoms with Crippen LogP contribution in [-0.2, 0) is 10.5 Å². The number of anilines is 1. The third kappa shape index (κ3) is 5.29. The van der Waals surface area contributed by atoms with Crippen LogP contribution in [0.3, 0.4) is 0 Å². The number of hydrogen-bond donors (Lipinski definition) is 2. The summed E-state index contributed by atoms with van der Waals surface area (Å²) in [6, 6.07) is 3.49. The summed E-state index contributed by atoms with van der Waals surface area (Å²) in [7, 11) is 0. The number of nitrogens with zero attached hydrogens (tertiary/aromatic N) is 2. The zero-order valence-electron chi connectivity index (χ0n) is 15.9. The molecule has 0 saturated carbocycles. The van der Waals surface area contributed by atoms with E-state index < -0.39 is 34.6 Å². The van der Waals surface area contributed by atoms with Crippen LogP contribution in [0.25, 0.3) is 10.2 Å². The normalized spacial score (nSPS) is 12.1. The third-order valence-electron chi connectivity index (χ3n) is 4.09. The Morgan fingerprint density at radius 1 is 1.19 bits per heavy atom. The van der Waals surface area contributed by atoms with E-state index in [1.54, 1.807) is 0 Å². The van der Waals surface area contributed by atoms with E-state index in [0.29, 0.717) is 32.5 Å². The zero-order valence-corrected chi connectivity index (χ0v) is 18.4. The molecule has 32 heavy (non-hydrogen) atoms. The fourth-order valence-electron chi connectivity index (χ4n) is 2.67. The standard InChI is InChI=1S/C19H13F3N4O3S3/c20-9-3-11(21)17-14(4-9)32-16(26-17)8-30-7-12(18(27)24-10-5-23-29-6-10)25-19(28)13-1-2-15(22)31-13/h1-6,12H,7-8H2,(H,24,27)(H,25,28). The van der Waals surface area contributed by atoms with Gasteiger partial charge in [0.05, 0.1) is 15.8 Å². The summed E-state index contributed by atoms with van der Waals surface area (Å²) in [5.74, 6) is -2.10. The van der Waals surface area contributed by atoms with Crippen LogP contribution < -0.4 is 10.6 Å². The molecule has 0 radical (unpaired) electrons. The maximum Gasteiger partial charge on any atom is 0.262 e. The predicted octanol–water partition coefficient (Wildman–Crippen LogP) is 4.43. The minimum atomic E-state index is -0.976. The van der Waals surface area contributed by atoms with E-state index in [0.717, 1.165) is 23.5 Å². The number of carbonyl (C=O) groups is 2. The molecule has 0 aliphatic carbocycles. The number of halogens is 3. The molecule has 0 aliphatic heterocycles. The number of carbonyl (C=O) groups excluding carboxylic acids is 2. The van der Waals surface area contributed by atoms with Crippen molar-refractivity contribution in [2.24, 2.45) is 0 Å². The molecule has 0 bridgehead atoms. The first-order valence-electron chi connectivity index (χ1n) is 8.97. The average molecular weight is 499 g/mol. The van der Waals surface area contributed by atoms with Crippen LogP contribution in [0.2, 0.25) is 0 Å². The van der Waals surface area contributed by atoms with E-state index in [2.05, 4.69) is 25.3 Å². The number of thiazole rings is 1. The number of amides is 2. The highest BCUT2D eigenvalue weighted by atomic mass is 32.2. The lowest BCUT2D eigenvalue weighted by Crippen LogP contribution is -2.45. The SMILES string of the molecule is O=C(NC(CSCc1nc2c(F)cc(F)cc2s1)C(=O)Nc1cnoc1)c1ccc(F)s1. The largest absolute Gasteiger partial charge is 0.363 e. The number of nitrogens with one attached hydrogen (secondary N) is 2. The summed E-state index contributed by atoms with van der Waals surface area (Å²) >= 11 is 3.08. The van der Waals surface area contributed by atoms with Crippen molar-refractivity contribution in [3.63, 3.8) is 0 Å². The highest BCUT2D eigenvalue weighted by molar-refractivity contribution is 7.98. The molecule has 0 fully saturated rings. The number of benzene rings is 1. The van der Waals surface area contributed by atoms with Gasteiger partial charge in [0, 0.05) is 17.6 Å². The Labute approximate surface area is 191 Å². The van der Waals surface area contributed by atoms with Crippen LogP contribution in [0.1, 0.15) is 14.7 Å². The Morgan fingerprint density at radius 3 is 2.75 bits per heavy atom. The molecule has 3 heterocycles. The molecule has 1 atom stereocenters. The molecule has 7 nitrogen and oxygen atoms in total. The van der Waals surface area contributed by atoms with Crippen molar-refractivity contribution >= 4 is 62.2 Å². The second kappa shape index (κ2) is 9.71. The van der Waals surface area contributed by atoms with Gasteiger partial charge in [-0.15, -0.1) is 22.7 Å². The molecule has 0 spiro atoms. The fourth-order valence-corrected chi connectivity index (χ4v) is 5.42. The summed E-state index contributed by atoms with van der Waals surface area (Å²) in [5, 5.41) is 8.67. The van der Waals surface area contributed by atoms with Gasteiger partial charge in [0.2, 0.25) is 5.91 Å². The quantitative estimate of drug-likeness (QED) is 0.373. The number of hydrogen-bond acceptors (Lipinski definition) is 8. The van der Waals surface area contributed by atoms with E-state index in [1.165, 1.54) is 36.4 Å². The first-order valence-corrected chi connectivity index (χ1v) is 11.8. The van der Waals surface area contributed by atoms with Gasteiger partial charge in [0.1, 0.15) is 34.3 Å². The number of thiophene rings is 1. The molecule has 4 aromatic rings. The van der Waals surface area contributed by atoms with Crippen molar-refractivity contribution in [1.29, 1.82) is 0 Å². The topological polar surface area (TPSA) is 97.1 Å². The maximum absolute atomic E-state index is 13.9. The van der Waals surface area contributed by atoms with E-state index in [4.69, 9.17) is 0 Å². The first-order chi connectivity index (χ1) is 15.4. The van der Waals surface area contributed by atoms with Gasteiger partial charge in [-0.05, 0) is 18.2 Å². The second-order valence-corrected chi connectivity index (χ2v) is 9.57. The van der Waals surface area contributed by atoms with Crippen molar-refractivity contribution in [2.45, 2.75) is 11.8 Å². The molecule has 166 valence electrons. The van der Waals surface area contributed by atoms with E-state index >= 15 is 0 Å². The molecule has 1 unspecified atom stereocenters. The lowest BCUT2D eigenvalue weighted by atomic mass is 10.3. The van der Waals surface area contributed by atoms with Gasteiger partial charge in [-0.25, -0.2) is 13.8 Å². The highest BCUT2D eigenvalue weighted by Gasteiger charge is 2.23. The van der Waals surface area contributed by atoms with Gasteiger partial charge in [-0.3, -0.25) is 9.59 Å². The fraction of sp³-hybridized carbons (Fsp3) is 0.158. The number of thioether (sulfide) groups is 1. The molecule has 2 N–H and O–H groups in total. The predicted molar refractivity (Wildman–Crippen MR) is 116 cm³/mol. The molecule has 0 saturated heterocycles. The summed E-state index contributed by atoms with van der Waals surface area (Å²) < 4.78 is 45.6. The average Bonchev–Trinajstić information content (AvgIpc) is 3.48. The van der Waals surface area contributed by atoms with Crippen LogP contribution in [0.15, 0.2) is 41.2 Å². The Kier molecular flexibility index (Phi) is 6.77. The minimum Gasteiger partial charge on any atom is -0.363 e. The van der Waals surface area contributed by atoms with Gasteiger partial charge in [0.25, 0.3) is 5.91 Å². The molecule has 13 heteroatoms. The minimum absolute atomic E-state index is 0.0850. The van der Waals surface area contributed by atoms with Gasteiger partial charge in [-0.2, -0.15) is 16.2 Å². The van der Waals surface area contributed by atoms with Crippen LogP contribution in [-0.4, -0.2) is 33.7 Å². The molecule has 2 amide bonds. The second-order valence-electron chi connectivity index (χ2n) is 6.39. The van der Waals surface area contributed by atoms with Gasteiger partial charge >= 0.3 is 0 Å². The Morgan fingerprint density at radius 2 is 2.03 bits per heavy atom. The smallest absolute Gasteiger partial charge is 0.262 e. The van der Waals surface area contributed by atoms with Crippen molar-refractivity contribution < 1.29 is 27.3 Å². The molecule has 1 aromatic carbocycles. The summed E-state index contributed by atoms with van der Waals surface area (Å²) in [6.07, 6.45) is 2.53. The molecule has 0 aliphatic rings. The zero-order chi connectivity index (χ0) is 22.7. The molecular formula is C19H13F3N4O3S3. The molecule has 4 rings (SSSR count). The van der Waals surface area contributed by atoms with Crippen molar-refractivity contribution in [2.75, 3.05) is 11.1 Å². The van der Waals surface area contributed by atoms with E-state index in [9.17, 15) is 22.8 Å². The lowest BCUT2D eigenvalue weighted by Gasteiger charge is -2.17. The Bertz CT molecular complexity index is 1260. The highest BCUT2D eigenvalue weighted by Crippen LogP contribution is 2.28. The Balaban J connectivity index is 1.43. The molecule has 3 aromatic heterocycles. The lowest BCUT2D eigenvalue weighted by molar-refractivity contribution is -0.117. The Hall–Kier alpha value is -2.90. The van der Waals surface area contributed by atoms with Crippen LogP contribution in [0.4, 0.5) is 18.9 Å². The van der Waals surface area contributed by atoms with Gasteiger partial charge in [-0.1, -0.05) is 5.16 Å². The summed E-state index contributed by atoms with van der Waals surface area (Å²) in [5.41, 5.74) is 0.395. The summed E-state index contributed by atoms with van der Waals surface area (Å²) in [4.78, 5) is 29.4.